The molecule has 1 atom stereocenters. The van der Waals surface area contributed by atoms with Gasteiger partial charge in [0.25, 0.3) is 0 Å². The SMILES string of the molecule is COC(=O)C(O)c1c(OC)ccc(F)c1OC. The second-order valence-corrected chi connectivity index (χ2v) is 3.12. The van der Waals surface area contributed by atoms with Crippen LogP contribution in [0.15, 0.2) is 12.1 Å². The lowest BCUT2D eigenvalue weighted by Gasteiger charge is -2.16. The van der Waals surface area contributed by atoms with Gasteiger partial charge in [-0.15, -0.1) is 0 Å². The van der Waals surface area contributed by atoms with E-state index in [1.807, 2.05) is 0 Å². The van der Waals surface area contributed by atoms with Crippen molar-refractivity contribution in [2.75, 3.05) is 21.3 Å². The fourth-order valence-corrected chi connectivity index (χ4v) is 1.43. The number of carbonyl (C=O) groups is 1. The quantitative estimate of drug-likeness (QED) is 0.802. The number of benzene rings is 1. The van der Waals surface area contributed by atoms with Gasteiger partial charge in [-0.05, 0) is 12.1 Å². The molecule has 6 heteroatoms. The molecule has 0 aliphatic carbocycles. The van der Waals surface area contributed by atoms with E-state index in [1.54, 1.807) is 0 Å². The average molecular weight is 244 g/mol. The number of methoxy groups -OCH3 is 3. The predicted octanol–water partition coefficient (Wildman–Crippen LogP) is 1.05. The highest BCUT2D eigenvalue weighted by Crippen LogP contribution is 2.36. The van der Waals surface area contributed by atoms with E-state index in [2.05, 4.69) is 4.74 Å². The number of halogens is 1. The summed E-state index contributed by atoms with van der Waals surface area (Å²) in [6.07, 6.45) is -1.67. The van der Waals surface area contributed by atoms with Gasteiger partial charge in [-0.3, -0.25) is 0 Å². The van der Waals surface area contributed by atoms with E-state index in [4.69, 9.17) is 9.47 Å². The fourth-order valence-electron chi connectivity index (χ4n) is 1.43. The zero-order valence-corrected chi connectivity index (χ0v) is 9.69. The molecule has 17 heavy (non-hydrogen) atoms. The Balaban J connectivity index is 3.36. The molecule has 0 amide bonds. The lowest BCUT2D eigenvalue weighted by Crippen LogP contribution is -2.16. The minimum atomic E-state index is -1.67. The molecule has 94 valence electrons. The molecule has 0 bridgehead atoms. The van der Waals surface area contributed by atoms with Gasteiger partial charge in [-0.1, -0.05) is 0 Å². The summed E-state index contributed by atoms with van der Waals surface area (Å²) in [5.74, 6) is -1.73. The Morgan fingerprint density at radius 2 is 1.94 bits per heavy atom. The Labute approximate surface area is 97.7 Å². The zero-order chi connectivity index (χ0) is 13.0. The number of hydrogen-bond acceptors (Lipinski definition) is 5. The smallest absolute Gasteiger partial charge is 0.339 e. The first-order valence-corrected chi connectivity index (χ1v) is 4.73. The van der Waals surface area contributed by atoms with Crippen molar-refractivity contribution in [2.45, 2.75) is 6.10 Å². The molecule has 1 aromatic rings. The number of ether oxygens (including phenoxy) is 3. The molecule has 0 heterocycles. The van der Waals surface area contributed by atoms with Crippen LogP contribution in [0.3, 0.4) is 0 Å². The zero-order valence-electron chi connectivity index (χ0n) is 9.69. The molecule has 0 aliphatic rings. The number of hydrogen-bond donors (Lipinski definition) is 1. The van der Waals surface area contributed by atoms with Crippen molar-refractivity contribution in [3.63, 3.8) is 0 Å². The van der Waals surface area contributed by atoms with Gasteiger partial charge in [-0.25, -0.2) is 9.18 Å². The molecule has 0 spiro atoms. The standard InChI is InChI=1S/C11H13FO5/c1-15-7-5-4-6(12)10(16-2)8(7)9(13)11(14)17-3/h4-5,9,13H,1-3H3. The Morgan fingerprint density at radius 3 is 2.41 bits per heavy atom. The molecule has 0 saturated carbocycles. The van der Waals surface area contributed by atoms with Crippen LogP contribution in [0.2, 0.25) is 0 Å². The van der Waals surface area contributed by atoms with E-state index in [9.17, 15) is 14.3 Å². The van der Waals surface area contributed by atoms with Crippen molar-refractivity contribution in [3.8, 4) is 11.5 Å². The van der Waals surface area contributed by atoms with E-state index in [0.717, 1.165) is 13.2 Å². The van der Waals surface area contributed by atoms with Gasteiger partial charge in [0.2, 0.25) is 0 Å². The molecule has 1 N–H and O–H groups in total. The molecule has 0 aromatic heterocycles. The summed E-state index contributed by atoms with van der Waals surface area (Å²) < 4.78 is 27.6. The van der Waals surface area contributed by atoms with Gasteiger partial charge in [0.05, 0.1) is 26.9 Å². The molecule has 0 radical (unpaired) electrons. The molecule has 1 rings (SSSR count). The van der Waals surface area contributed by atoms with E-state index >= 15 is 0 Å². The number of carbonyl (C=O) groups excluding carboxylic acids is 1. The van der Waals surface area contributed by atoms with E-state index in [-0.39, 0.29) is 17.1 Å². The summed E-state index contributed by atoms with van der Waals surface area (Å²) in [5.41, 5.74) is -0.0955. The number of aliphatic hydroxyl groups excluding tert-OH is 1. The van der Waals surface area contributed by atoms with Gasteiger partial charge in [0, 0.05) is 0 Å². The highest BCUT2D eigenvalue weighted by atomic mass is 19.1. The minimum Gasteiger partial charge on any atom is -0.496 e. The van der Waals surface area contributed by atoms with Gasteiger partial charge < -0.3 is 19.3 Å². The molecule has 1 unspecified atom stereocenters. The summed E-state index contributed by atoms with van der Waals surface area (Å²) in [6, 6.07) is 2.41. The Morgan fingerprint density at radius 1 is 1.29 bits per heavy atom. The van der Waals surface area contributed by atoms with Crippen LogP contribution in [-0.2, 0) is 9.53 Å². The second kappa shape index (κ2) is 5.49. The van der Waals surface area contributed by atoms with Gasteiger partial charge in [-0.2, -0.15) is 0 Å². The third-order valence-corrected chi connectivity index (χ3v) is 2.23. The van der Waals surface area contributed by atoms with E-state index in [1.165, 1.54) is 20.3 Å². The van der Waals surface area contributed by atoms with Crippen molar-refractivity contribution in [3.05, 3.63) is 23.5 Å². The maximum atomic E-state index is 13.5. The summed E-state index contributed by atoms with van der Waals surface area (Å²) >= 11 is 0. The summed E-state index contributed by atoms with van der Waals surface area (Å²) in [6.45, 7) is 0. The second-order valence-electron chi connectivity index (χ2n) is 3.12. The highest BCUT2D eigenvalue weighted by molar-refractivity contribution is 5.78. The molecule has 1 aromatic carbocycles. The normalized spacial score (nSPS) is 11.8. The first kappa shape index (κ1) is 13.2. The first-order valence-electron chi connectivity index (χ1n) is 4.73. The van der Waals surface area contributed by atoms with E-state index < -0.39 is 17.9 Å². The third kappa shape index (κ3) is 2.47. The van der Waals surface area contributed by atoms with Gasteiger partial charge in [0.15, 0.2) is 17.7 Å². The van der Waals surface area contributed by atoms with Crippen molar-refractivity contribution >= 4 is 5.97 Å². The van der Waals surface area contributed by atoms with Crippen molar-refractivity contribution in [1.82, 2.24) is 0 Å². The van der Waals surface area contributed by atoms with Crippen molar-refractivity contribution in [2.24, 2.45) is 0 Å². The number of aliphatic hydroxyl groups is 1. The molecule has 5 nitrogen and oxygen atoms in total. The topological polar surface area (TPSA) is 65.0 Å². The number of rotatable bonds is 4. The molecular formula is C11H13FO5. The minimum absolute atomic E-state index is 0.0955. The lowest BCUT2D eigenvalue weighted by atomic mass is 10.1. The fraction of sp³-hybridized carbons (Fsp3) is 0.364. The van der Waals surface area contributed by atoms with Gasteiger partial charge >= 0.3 is 5.97 Å². The monoisotopic (exact) mass is 244 g/mol. The molecule has 0 aliphatic heterocycles. The van der Waals surface area contributed by atoms with E-state index in [0.29, 0.717) is 0 Å². The van der Waals surface area contributed by atoms with Crippen LogP contribution in [0.1, 0.15) is 11.7 Å². The van der Waals surface area contributed by atoms with Crippen LogP contribution in [-0.4, -0.2) is 32.4 Å². The molecular weight excluding hydrogens is 231 g/mol. The Bertz CT molecular complexity index is 419. The first-order chi connectivity index (χ1) is 8.06. The molecule has 0 fully saturated rings. The average Bonchev–Trinajstić information content (AvgIpc) is 2.36. The van der Waals surface area contributed by atoms with Crippen LogP contribution in [0.25, 0.3) is 0 Å². The number of esters is 1. The maximum absolute atomic E-state index is 13.5. The molecule has 0 saturated heterocycles. The van der Waals surface area contributed by atoms with Crippen LogP contribution in [0.4, 0.5) is 4.39 Å². The van der Waals surface area contributed by atoms with Crippen LogP contribution < -0.4 is 9.47 Å². The van der Waals surface area contributed by atoms with Gasteiger partial charge in [0.1, 0.15) is 5.75 Å². The largest absolute Gasteiger partial charge is 0.496 e. The maximum Gasteiger partial charge on any atom is 0.339 e. The van der Waals surface area contributed by atoms with Crippen LogP contribution in [0, 0.1) is 5.82 Å². The summed E-state index contributed by atoms with van der Waals surface area (Å²) in [4.78, 5) is 11.3. The Hall–Kier alpha value is -1.82. The third-order valence-electron chi connectivity index (χ3n) is 2.23. The summed E-state index contributed by atoms with van der Waals surface area (Å²) in [5, 5.41) is 9.74. The van der Waals surface area contributed by atoms with Crippen LogP contribution >= 0.6 is 0 Å². The highest BCUT2D eigenvalue weighted by Gasteiger charge is 2.28. The Kier molecular flexibility index (Phi) is 4.28. The van der Waals surface area contributed by atoms with Crippen LogP contribution in [0.5, 0.6) is 11.5 Å². The van der Waals surface area contributed by atoms with Crippen molar-refractivity contribution < 1.29 is 28.5 Å². The van der Waals surface area contributed by atoms with Crippen molar-refractivity contribution in [1.29, 1.82) is 0 Å². The summed E-state index contributed by atoms with van der Waals surface area (Å²) in [7, 11) is 3.68. The lowest BCUT2D eigenvalue weighted by molar-refractivity contribution is -0.150. The predicted molar refractivity (Wildman–Crippen MR) is 56.5 cm³/mol.